The van der Waals surface area contributed by atoms with Gasteiger partial charge in [0.1, 0.15) is 5.69 Å². The molecule has 0 unspecified atom stereocenters. The van der Waals surface area contributed by atoms with E-state index in [-0.39, 0.29) is 11.9 Å². The monoisotopic (exact) mass is 330 g/mol. The van der Waals surface area contributed by atoms with Crippen LogP contribution in [0.3, 0.4) is 0 Å². The smallest absolute Gasteiger partial charge is 0.250 e. The van der Waals surface area contributed by atoms with Crippen LogP contribution in [0.5, 0.6) is 0 Å². The average molecular weight is 330 g/mol. The topological polar surface area (TPSA) is 83.9 Å². The molecule has 1 amide bonds. The predicted octanol–water partition coefficient (Wildman–Crippen LogP) is 1.71. The van der Waals surface area contributed by atoms with Gasteiger partial charge >= 0.3 is 0 Å². The summed E-state index contributed by atoms with van der Waals surface area (Å²) in [7, 11) is 3.86. The molecule has 0 radical (unpaired) electrons. The van der Waals surface area contributed by atoms with Crippen molar-refractivity contribution in [2.45, 2.75) is 5.16 Å². The number of nitrogens with one attached hydrogen (secondary N) is 1. The van der Waals surface area contributed by atoms with Crippen LogP contribution in [0.1, 0.15) is 0 Å². The fourth-order valence-electron chi connectivity index (χ4n) is 1.64. The lowest BCUT2D eigenvalue weighted by atomic mass is 10.3. The van der Waals surface area contributed by atoms with E-state index in [0.29, 0.717) is 23.2 Å². The molecule has 1 N–H and O–H groups in total. The number of anilines is 1. The molecule has 0 spiro atoms. The van der Waals surface area contributed by atoms with Gasteiger partial charge in [0.2, 0.25) is 11.9 Å². The first kappa shape index (κ1) is 17.0. The standard InChI is InChI=1S/C15H18N6OS/c1-21(2)10-6-8-12(22)17-14-18-13(19-15(20-14)23-3)11-7-4-5-9-16-11/h4-9H,10H2,1-3H3,(H,17,18,19,20,22)/b8-6+. The Morgan fingerprint density at radius 3 is 2.78 bits per heavy atom. The first-order chi connectivity index (χ1) is 11.1. The van der Waals surface area contributed by atoms with Crippen LogP contribution < -0.4 is 5.32 Å². The lowest BCUT2D eigenvalue weighted by molar-refractivity contribution is -0.112. The largest absolute Gasteiger partial charge is 0.306 e. The Morgan fingerprint density at radius 2 is 2.13 bits per heavy atom. The molecule has 2 heterocycles. The summed E-state index contributed by atoms with van der Waals surface area (Å²) in [6.45, 7) is 0.680. The molecule has 0 saturated carbocycles. The van der Waals surface area contributed by atoms with Crippen molar-refractivity contribution in [3.05, 3.63) is 36.5 Å². The van der Waals surface area contributed by atoms with Crippen LogP contribution in [-0.2, 0) is 4.79 Å². The van der Waals surface area contributed by atoms with Crippen LogP contribution in [0.4, 0.5) is 5.95 Å². The van der Waals surface area contributed by atoms with Gasteiger partial charge in [-0.25, -0.2) is 4.98 Å². The molecular weight excluding hydrogens is 312 g/mol. The molecule has 0 saturated heterocycles. The number of pyridine rings is 1. The molecule has 8 heteroatoms. The van der Waals surface area contributed by atoms with Gasteiger partial charge in [-0.2, -0.15) is 9.97 Å². The van der Waals surface area contributed by atoms with Gasteiger partial charge in [-0.05, 0) is 32.5 Å². The van der Waals surface area contributed by atoms with Gasteiger partial charge in [-0.15, -0.1) is 0 Å². The second kappa shape index (κ2) is 8.35. The van der Waals surface area contributed by atoms with Crippen LogP contribution in [0, 0.1) is 0 Å². The highest BCUT2D eigenvalue weighted by molar-refractivity contribution is 7.98. The van der Waals surface area contributed by atoms with Crippen LogP contribution >= 0.6 is 11.8 Å². The van der Waals surface area contributed by atoms with E-state index >= 15 is 0 Å². The van der Waals surface area contributed by atoms with Gasteiger partial charge in [0.15, 0.2) is 11.0 Å². The lowest BCUT2D eigenvalue weighted by Crippen LogP contribution is -2.14. The van der Waals surface area contributed by atoms with E-state index in [1.807, 2.05) is 43.5 Å². The molecule has 0 aliphatic heterocycles. The summed E-state index contributed by atoms with van der Waals surface area (Å²) in [5.74, 6) is 0.360. The fraction of sp³-hybridized carbons (Fsp3) is 0.267. The molecule has 2 rings (SSSR count). The summed E-state index contributed by atoms with van der Waals surface area (Å²) in [4.78, 5) is 30.9. The van der Waals surface area contributed by atoms with Gasteiger partial charge in [0, 0.05) is 18.8 Å². The number of carbonyl (C=O) groups excluding carboxylic acids is 1. The number of hydrogen-bond donors (Lipinski definition) is 1. The number of rotatable bonds is 6. The number of carbonyl (C=O) groups is 1. The second-order valence-corrected chi connectivity index (χ2v) is 5.61. The van der Waals surface area contributed by atoms with E-state index in [9.17, 15) is 4.79 Å². The van der Waals surface area contributed by atoms with Crippen molar-refractivity contribution in [1.82, 2.24) is 24.8 Å². The number of aromatic nitrogens is 4. The molecule has 7 nitrogen and oxygen atoms in total. The molecule has 2 aromatic rings. The van der Waals surface area contributed by atoms with Crippen molar-refractivity contribution in [2.24, 2.45) is 0 Å². The van der Waals surface area contributed by atoms with Crippen LogP contribution in [0.2, 0.25) is 0 Å². The summed E-state index contributed by atoms with van der Waals surface area (Å²) >= 11 is 1.37. The molecule has 0 atom stereocenters. The molecule has 23 heavy (non-hydrogen) atoms. The van der Waals surface area contributed by atoms with E-state index in [2.05, 4.69) is 25.3 Å². The zero-order valence-electron chi connectivity index (χ0n) is 13.2. The Morgan fingerprint density at radius 1 is 1.30 bits per heavy atom. The van der Waals surface area contributed by atoms with Crippen LogP contribution in [0.25, 0.3) is 11.5 Å². The minimum atomic E-state index is -0.280. The SMILES string of the molecule is CSc1nc(NC(=O)/C=C/CN(C)C)nc(-c2ccccn2)n1. The first-order valence-corrected chi connectivity index (χ1v) is 8.14. The summed E-state index contributed by atoms with van der Waals surface area (Å²) in [6.07, 6.45) is 6.76. The van der Waals surface area contributed by atoms with E-state index in [0.717, 1.165) is 0 Å². The quantitative estimate of drug-likeness (QED) is 0.637. The zero-order chi connectivity index (χ0) is 16.7. The Hall–Kier alpha value is -2.32. The number of likely N-dealkylation sites (N-methyl/N-ethyl adjacent to an activating group) is 1. The van der Waals surface area contributed by atoms with Crippen molar-refractivity contribution in [2.75, 3.05) is 32.2 Å². The van der Waals surface area contributed by atoms with E-state index in [4.69, 9.17) is 0 Å². The molecule has 120 valence electrons. The van der Waals surface area contributed by atoms with E-state index in [1.165, 1.54) is 17.8 Å². The van der Waals surface area contributed by atoms with Gasteiger partial charge in [0.25, 0.3) is 0 Å². The highest BCUT2D eigenvalue weighted by atomic mass is 32.2. The third kappa shape index (κ3) is 5.42. The number of thioether (sulfide) groups is 1. The fourth-order valence-corrected chi connectivity index (χ4v) is 1.99. The first-order valence-electron chi connectivity index (χ1n) is 6.92. The maximum Gasteiger partial charge on any atom is 0.250 e. The molecule has 0 aliphatic carbocycles. The number of hydrogen-bond acceptors (Lipinski definition) is 7. The third-order valence-electron chi connectivity index (χ3n) is 2.67. The molecule has 0 fully saturated rings. The van der Waals surface area contributed by atoms with Gasteiger partial charge in [0.05, 0.1) is 0 Å². The Labute approximate surface area is 139 Å². The lowest BCUT2D eigenvalue weighted by Gasteiger charge is -2.06. The maximum atomic E-state index is 11.9. The minimum absolute atomic E-state index is 0.213. The molecule has 0 bridgehead atoms. The zero-order valence-corrected chi connectivity index (χ0v) is 14.0. The summed E-state index contributed by atoms with van der Waals surface area (Å²) in [5.41, 5.74) is 0.629. The summed E-state index contributed by atoms with van der Waals surface area (Å²) in [5, 5.41) is 3.17. The average Bonchev–Trinajstić information content (AvgIpc) is 2.55. The van der Waals surface area contributed by atoms with Crippen molar-refractivity contribution < 1.29 is 4.79 Å². The van der Waals surface area contributed by atoms with Gasteiger partial charge < -0.3 is 4.90 Å². The Balaban J connectivity index is 2.19. The van der Waals surface area contributed by atoms with E-state index in [1.54, 1.807) is 12.3 Å². The summed E-state index contributed by atoms with van der Waals surface area (Å²) < 4.78 is 0. The van der Waals surface area contributed by atoms with Gasteiger partial charge in [-0.1, -0.05) is 23.9 Å². The van der Waals surface area contributed by atoms with Crippen molar-refractivity contribution >= 4 is 23.6 Å². The van der Waals surface area contributed by atoms with Crippen molar-refractivity contribution in [3.63, 3.8) is 0 Å². The number of nitrogens with zero attached hydrogens (tertiary/aromatic N) is 5. The Kier molecular flexibility index (Phi) is 6.19. The van der Waals surface area contributed by atoms with Crippen molar-refractivity contribution in [1.29, 1.82) is 0 Å². The Bertz CT molecular complexity index is 690. The third-order valence-corrected chi connectivity index (χ3v) is 3.21. The highest BCUT2D eigenvalue weighted by Crippen LogP contribution is 2.17. The van der Waals surface area contributed by atoms with Crippen LogP contribution in [0.15, 0.2) is 41.7 Å². The highest BCUT2D eigenvalue weighted by Gasteiger charge is 2.10. The summed E-state index contributed by atoms with van der Waals surface area (Å²) in [6, 6.07) is 5.48. The molecular formula is C15H18N6OS. The second-order valence-electron chi connectivity index (χ2n) is 4.84. The molecule has 0 aliphatic rings. The normalized spacial score (nSPS) is 11.1. The van der Waals surface area contributed by atoms with Gasteiger partial charge in [-0.3, -0.25) is 15.1 Å². The van der Waals surface area contributed by atoms with Crippen LogP contribution in [-0.4, -0.2) is 57.6 Å². The predicted molar refractivity (Wildman–Crippen MR) is 91.2 cm³/mol. The maximum absolute atomic E-state index is 11.9. The number of amides is 1. The molecule has 2 aromatic heterocycles. The minimum Gasteiger partial charge on any atom is -0.306 e. The van der Waals surface area contributed by atoms with Crippen molar-refractivity contribution in [3.8, 4) is 11.5 Å². The molecule has 0 aromatic carbocycles. The van der Waals surface area contributed by atoms with E-state index < -0.39 is 0 Å².